The topological polar surface area (TPSA) is 114 Å². The SMILES string of the molecule is CCC(=O)O[Si](OOC(C)=O)(OC(C)=O)OC(=O)CC. The molecule has 20 heavy (non-hydrogen) atoms. The van der Waals surface area contributed by atoms with E-state index in [4.69, 9.17) is 8.85 Å². The summed E-state index contributed by atoms with van der Waals surface area (Å²) in [4.78, 5) is 48.6. The van der Waals surface area contributed by atoms with Crippen LogP contribution < -0.4 is 0 Å². The van der Waals surface area contributed by atoms with Crippen molar-refractivity contribution in [3.63, 3.8) is 0 Å². The third-order valence-corrected chi connectivity index (χ3v) is 3.37. The number of carbonyl (C=O) groups is 4. The highest BCUT2D eigenvalue weighted by Gasteiger charge is 2.61. The van der Waals surface area contributed by atoms with Gasteiger partial charge in [0.2, 0.25) is 0 Å². The van der Waals surface area contributed by atoms with Crippen LogP contribution in [0.5, 0.6) is 0 Å². The highest BCUT2D eigenvalue weighted by Crippen LogP contribution is 2.15. The zero-order chi connectivity index (χ0) is 15.8. The number of rotatable bonds is 7. The Bertz CT molecular complexity index is 374. The molecule has 0 aromatic carbocycles. The van der Waals surface area contributed by atoms with E-state index in [1.807, 2.05) is 0 Å². The van der Waals surface area contributed by atoms with E-state index in [1.54, 1.807) is 0 Å². The molecule has 0 amide bonds. The van der Waals surface area contributed by atoms with E-state index in [0.29, 0.717) is 0 Å². The lowest BCUT2D eigenvalue weighted by molar-refractivity contribution is -0.253. The van der Waals surface area contributed by atoms with Crippen LogP contribution in [0.2, 0.25) is 0 Å². The molecule has 0 aliphatic rings. The third kappa shape index (κ3) is 6.85. The second-order valence-corrected chi connectivity index (χ2v) is 5.19. The van der Waals surface area contributed by atoms with Gasteiger partial charge in [-0.05, 0) is 0 Å². The van der Waals surface area contributed by atoms with Gasteiger partial charge in [-0.15, -0.1) is 4.58 Å². The molecule has 0 bridgehead atoms. The Morgan fingerprint density at radius 2 is 1.25 bits per heavy atom. The first-order chi connectivity index (χ1) is 9.24. The van der Waals surface area contributed by atoms with Gasteiger partial charge in [0.15, 0.2) is 0 Å². The van der Waals surface area contributed by atoms with Crippen LogP contribution in [0.1, 0.15) is 40.5 Å². The molecule has 0 aliphatic carbocycles. The van der Waals surface area contributed by atoms with Gasteiger partial charge in [-0.3, -0.25) is 14.4 Å². The van der Waals surface area contributed by atoms with Gasteiger partial charge >= 0.3 is 15.0 Å². The molecule has 9 nitrogen and oxygen atoms in total. The maximum atomic E-state index is 11.3. The molecule has 114 valence electrons. The number of hydrogen-bond donors (Lipinski definition) is 0. The first-order valence-corrected chi connectivity index (χ1v) is 7.37. The van der Waals surface area contributed by atoms with Crippen LogP contribution in [0.3, 0.4) is 0 Å². The molecule has 0 aromatic heterocycles. The van der Waals surface area contributed by atoms with Gasteiger partial charge < -0.3 is 18.2 Å². The molecule has 0 aliphatic heterocycles. The lowest BCUT2D eigenvalue weighted by atomic mass is 10.5. The third-order valence-electron chi connectivity index (χ3n) is 1.58. The van der Waals surface area contributed by atoms with E-state index < -0.39 is 32.9 Å². The smallest absolute Gasteiger partial charge is 0.431 e. The average Bonchev–Trinajstić information content (AvgIpc) is 2.35. The molecule has 0 rings (SSSR count). The Morgan fingerprint density at radius 3 is 1.55 bits per heavy atom. The van der Waals surface area contributed by atoms with E-state index in [0.717, 1.165) is 13.8 Å². The molecular formula is C10H16O9Si. The summed E-state index contributed by atoms with van der Waals surface area (Å²) in [5, 5.41) is 0. The zero-order valence-electron chi connectivity index (χ0n) is 11.6. The van der Waals surface area contributed by atoms with Crippen molar-refractivity contribution < 1.29 is 41.9 Å². The Hall–Kier alpha value is -1.94. The van der Waals surface area contributed by atoms with Gasteiger partial charge in [-0.1, -0.05) is 13.8 Å². The molecule has 0 radical (unpaired) electrons. The fourth-order valence-corrected chi connectivity index (χ4v) is 2.47. The van der Waals surface area contributed by atoms with E-state index in [-0.39, 0.29) is 12.8 Å². The summed E-state index contributed by atoms with van der Waals surface area (Å²) in [6.07, 6.45) is -0.188. The Balaban J connectivity index is 5.24. The van der Waals surface area contributed by atoms with Crippen LogP contribution in [-0.4, -0.2) is 32.9 Å². The Morgan fingerprint density at radius 1 is 0.800 bits per heavy atom. The Kier molecular flexibility index (Phi) is 7.47. The lowest BCUT2D eigenvalue weighted by Crippen LogP contribution is -2.53. The van der Waals surface area contributed by atoms with Crippen molar-refractivity contribution >= 4 is 32.9 Å². The Labute approximate surface area is 116 Å². The maximum absolute atomic E-state index is 11.3. The minimum atomic E-state index is -4.58. The molecule has 0 saturated carbocycles. The molecule has 0 atom stereocenters. The predicted octanol–water partition coefficient (Wildman–Crippen LogP) is 0.386. The fraction of sp³-hybridized carbons (Fsp3) is 0.600. The minimum Gasteiger partial charge on any atom is -0.431 e. The van der Waals surface area contributed by atoms with Crippen LogP contribution in [0, 0.1) is 0 Å². The van der Waals surface area contributed by atoms with Crippen molar-refractivity contribution in [1.29, 1.82) is 0 Å². The van der Waals surface area contributed by atoms with Gasteiger partial charge in [-0.2, -0.15) is 0 Å². The number of carbonyl (C=O) groups excluding carboxylic acids is 4. The predicted molar refractivity (Wildman–Crippen MR) is 63.1 cm³/mol. The molecule has 0 heterocycles. The fourth-order valence-electron chi connectivity index (χ4n) is 0.822. The van der Waals surface area contributed by atoms with Crippen LogP contribution in [0.25, 0.3) is 0 Å². The minimum absolute atomic E-state index is 0.0941. The van der Waals surface area contributed by atoms with Crippen LogP contribution in [0.15, 0.2) is 0 Å². The summed E-state index contributed by atoms with van der Waals surface area (Å²) in [5.41, 5.74) is 0. The van der Waals surface area contributed by atoms with Crippen molar-refractivity contribution in [1.82, 2.24) is 0 Å². The van der Waals surface area contributed by atoms with E-state index >= 15 is 0 Å². The van der Waals surface area contributed by atoms with Gasteiger partial charge in [-0.25, -0.2) is 4.79 Å². The lowest BCUT2D eigenvalue weighted by Gasteiger charge is -2.23. The molecule has 0 aromatic rings. The molecule has 0 fully saturated rings. The van der Waals surface area contributed by atoms with E-state index in [1.165, 1.54) is 13.8 Å². The summed E-state index contributed by atoms with van der Waals surface area (Å²) >= 11 is 0. The van der Waals surface area contributed by atoms with Gasteiger partial charge in [0.05, 0.1) is 0 Å². The quantitative estimate of drug-likeness (QED) is 0.374. The molecule has 0 unspecified atom stereocenters. The molecule has 0 N–H and O–H groups in total. The van der Waals surface area contributed by atoms with Crippen molar-refractivity contribution in [3.05, 3.63) is 0 Å². The van der Waals surface area contributed by atoms with Gasteiger partial charge in [0, 0.05) is 26.7 Å². The van der Waals surface area contributed by atoms with E-state index in [2.05, 4.69) is 13.9 Å². The first kappa shape index (κ1) is 18.1. The summed E-state index contributed by atoms with van der Waals surface area (Å²) in [5.74, 6) is -3.55. The van der Waals surface area contributed by atoms with Crippen LogP contribution in [0.4, 0.5) is 0 Å². The second kappa shape index (κ2) is 8.27. The van der Waals surface area contributed by atoms with Crippen molar-refractivity contribution in [2.24, 2.45) is 0 Å². The zero-order valence-corrected chi connectivity index (χ0v) is 12.6. The van der Waals surface area contributed by atoms with Crippen molar-refractivity contribution in [2.75, 3.05) is 0 Å². The van der Waals surface area contributed by atoms with E-state index in [9.17, 15) is 19.2 Å². The molecule has 0 saturated heterocycles. The average molecular weight is 308 g/mol. The highest BCUT2D eigenvalue weighted by molar-refractivity contribution is 6.59. The standard InChI is InChI=1S/C10H16O9Si/c1-5-9(13)17-20(16-8(4)12,18-10(14)6-2)19-15-7(3)11/h5-6H2,1-4H3. The second-order valence-electron chi connectivity index (χ2n) is 3.41. The van der Waals surface area contributed by atoms with Crippen LogP contribution >= 0.6 is 0 Å². The molecular weight excluding hydrogens is 292 g/mol. The summed E-state index contributed by atoms with van der Waals surface area (Å²) in [6, 6.07) is 0. The normalized spacial score (nSPS) is 10.4. The van der Waals surface area contributed by atoms with Crippen LogP contribution in [-0.2, 0) is 41.9 Å². The van der Waals surface area contributed by atoms with Crippen molar-refractivity contribution in [2.45, 2.75) is 40.5 Å². The van der Waals surface area contributed by atoms with Gasteiger partial charge in [0.1, 0.15) is 0 Å². The maximum Gasteiger partial charge on any atom is 0.937 e. The largest absolute Gasteiger partial charge is 0.937 e. The van der Waals surface area contributed by atoms with Crippen molar-refractivity contribution in [3.8, 4) is 0 Å². The number of hydrogen-bond acceptors (Lipinski definition) is 9. The molecule has 0 spiro atoms. The molecule has 10 heteroatoms. The summed E-state index contributed by atoms with van der Waals surface area (Å²) in [7, 11) is -4.58. The highest BCUT2D eigenvalue weighted by atomic mass is 28.4. The summed E-state index contributed by atoms with van der Waals surface area (Å²) in [6.45, 7) is 4.90. The first-order valence-electron chi connectivity index (χ1n) is 5.74. The monoisotopic (exact) mass is 308 g/mol. The summed E-state index contributed by atoms with van der Waals surface area (Å²) < 4.78 is 18.6. The van der Waals surface area contributed by atoms with Gasteiger partial charge in [0.25, 0.3) is 17.9 Å².